The fourth-order valence-corrected chi connectivity index (χ4v) is 2.96. The summed E-state index contributed by atoms with van der Waals surface area (Å²) < 4.78 is 5.18. The lowest BCUT2D eigenvalue weighted by atomic mass is 9.74. The highest BCUT2D eigenvalue weighted by Gasteiger charge is 2.43. The molecule has 0 aromatic rings. The number of esters is 1. The lowest BCUT2D eigenvalue weighted by Gasteiger charge is -2.53. The monoisotopic (exact) mass is 239 g/mol. The number of likely N-dealkylation sites (tertiary alicyclic amines) is 1. The van der Waals surface area contributed by atoms with E-state index < -0.39 is 0 Å². The van der Waals surface area contributed by atoms with Crippen LogP contribution in [0.1, 0.15) is 40.5 Å². The minimum Gasteiger partial charge on any atom is -0.462 e. The SMILES string of the molecule is C=CC(=O)OCC1CC(C)(C)N(C)C(C)(C)C1. The Morgan fingerprint density at radius 2 is 1.82 bits per heavy atom. The summed E-state index contributed by atoms with van der Waals surface area (Å²) in [5.74, 6) is 0.111. The summed E-state index contributed by atoms with van der Waals surface area (Å²) >= 11 is 0. The van der Waals surface area contributed by atoms with Gasteiger partial charge in [-0.15, -0.1) is 0 Å². The Labute approximate surface area is 105 Å². The average molecular weight is 239 g/mol. The molecule has 1 saturated heterocycles. The van der Waals surface area contributed by atoms with Crippen LogP contribution in [0.25, 0.3) is 0 Å². The molecule has 0 unspecified atom stereocenters. The minimum atomic E-state index is -0.320. The molecule has 98 valence electrons. The van der Waals surface area contributed by atoms with Gasteiger partial charge in [0.15, 0.2) is 0 Å². The molecule has 0 bridgehead atoms. The number of hydrogen-bond acceptors (Lipinski definition) is 3. The van der Waals surface area contributed by atoms with E-state index in [1.54, 1.807) is 0 Å². The van der Waals surface area contributed by atoms with Gasteiger partial charge in [-0.3, -0.25) is 4.90 Å². The van der Waals surface area contributed by atoms with Crippen LogP contribution in [0.15, 0.2) is 12.7 Å². The van der Waals surface area contributed by atoms with Gasteiger partial charge in [0.25, 0.3) is 0 Å². The zero-order chi connectivity index (χ0) is 13.3. The molecule has 0 amide bonds. The first kappa shape index (κ1) is 14.2. The highest BCUT2D eigenvalue weighted by atomic mass is 16.5. The van der Waals surface area contributed by atoms with Crippen LogP contribution in [-0.2, 0) is 9.53 Å². The molecule has 1 aliphatic heterocycles. The summed E-state index contributed by atoms with van der Waals surface area (Å²) in [6.45, 7) is 12.9. The molecule has 1 rings (SSSR count). The molecule has 1 fully saturated rings. The molecule has 1 heterocycles. The number of hydrogen-bond donors (Lipinski definition) is 0. The van der Waals surface area contributed by atoms with Gasteiger partial charge >= 0.3 is 5.97 Å². The smallest absolute Gasteiger partial charge is 0.330 e. The predicted octanol–water partition coefficient (Wildman–Crippen LogP) is 2.61. The van der Waals surface area contributed by atoms with E-state index in [0.29, 0.717) is 12.5 Å². The van der Waals surface area contributed by atoms with Crippen LogP contribution < -0.4 is 0 Å². The first-order chi connectivity index (χ1) is 7.69. The number of piperidine rings is 1. The zero-order valence-electron chi connectivity index (χ0n) is 11.7. The first-order valence-corrected chi connectivity index (χ1v) is 6.22. The third-order valence-corrected chi connectivity index (χ3v) is 4.02. The third-order valence-electron chi connectivity index (χ3n) is 4.02. The standard InChI is InChI=1S/C14H25NO2/c1-7-12(16)17-10-11-8-13(2,3)15(6)14(4,5)9-11/h7,11H,1,8-10H2,2-6H3. The van der Waals surface area contributed by atoms with Crippen molar-refractivity contribution in [1.82, 2.24) is 4.90 Å². The lowest BCUT2D eigenvalue weighted by Crippen LogP contribution is -2.59. The largest absolute Gasteiger partial charge is 0.462 e. The Morgan fingerprint density at radius 3 is 2.24 bits per heavy atom. The van der Waals surface area contributed by atoms with E-state index in [4.69, 9.17) is 4.74 Å². The van der Waals surface area contributed by atoms with Crippen molar-refractivity contribution in [3.63, 3.8) is 0 Å². The van der Waals surface area contributed by atoms with E-state index in [1.165, 1.54) is 6.08 Å². The van der Waals surface area contributed by atoms with Gasteiger partial charge in [-0.05, 0) is 53.5 Å². The average Bonchev–Trinajstić information content (AvgIpc) is 2.21. The van der Waals surface area contributed by atoms with Gasteiger partial charge in [0.2, 0.25) is 0 Å². The van der Waals surface area contributed by atoms with Gasteiger partial charge in [0, 0.05) is 17.2 Å². The van der Waals surface area contributed by atoms with Gasteiger partial charge in [-0.1, -0.05) is 6.58 Å². The molecular formula is C14H25NO2. The van der Waals surface area contributed by atoms with Crippen molar-refractivity contribution in [2.75, 3.05) is 13.7 Å². The van der Waals surface area contributed by atoms with E-state index in [1.807, 2.05) is 0 Å². The molecule has 17 heavy (non-hydrogen) atoms. The Hall–Kier alpha value is -0.830. The quantitative estimate of drug-likeness (QED) is 0.560. The maximum Gasteiger partial charge on any atom is 0.330 e. The predicted molar refractivity (Wildman–Crippen MR) is 69.8 cm³/mol. The number of nitrogens with zero attached hydrogens (tertiary/aromatic N) is 1. The summed E-state index contributed by atoms with van der Waals surface area (Å²) in [5, 5.41) is 0. The lowest BCUT2D eigenvalue weighted by molar-refractivity contribution is -0.141. The zero-order valence-corrected chi connectivity index (χ0v) is 11.7. The molecule has 0 radical (unpaired) electrons. The number of ether oxygens (including phenoxy) is 1. The maximum absolute atomic E-state index is 11.1. The van der Waals surface area contributed by atoms with E-state index in [0.717, 1.165) is 12.8 Å². The Bertz CT molecular complexity index is 289. The summed E-state index contributed by atoms with van der Waals surface area (Å²) in [6, 6.07) is 0. The van der Waals surface area contributed by atoms with E-state index in [2.05, 4.69) is 46.2 Å². The topological polar surface area (TPSA) is 29.5 Å². The van der Waals surface area contributed by atoms with Crippen molar-refractivity contribution in [2.24, 2.45) is 5.92 Å². The van der Waals surface area contributed by atoms with Gasteiger partial charge in [-0.25, -0.2) is 4.79 Å². The number of rotatable bonds is 3. The van der Waals surface area contributed by atoms with Crippen LogP contribution in [0.5, 0.6) is 0 Å². The summed E-state index contributed by atoms with van der Waals surface area (Å²) in [7, 11) is 2.17. The van der Waals surface area contributed by atoms with Crippen molar-refractivity contribution >= 4 is 5.97 Å². The molecule has 0 atom stereocenters. The molecule has 3 nitrogen and oxygen atoms in total. The Balaban J connectivity index is 2.65. The molecule has 3 heteroatoms. The number of carbonyl (C=O) groups excluding carboxylic acids is 1. The summed E-state index contributed by atoms with van der Waals surface area (Å²) in [4.78, 5) is 13.5. The molecule has 0 aliphatic carbocycles. The van der Waals surface area contributed by atoms with Crippen molar-refractivity contribution < 1.29 is 9.53 Å². The van der Waals surface area contributed by atoms with Crippen LogP contribution >= 0.6 is 0 Å². The second kappa shape index (κ2) is 4.81. The first-order valence-electron chi connectivity index (χ1n) is 6.22. The normalized spacial score (nSPS) is 24.3. The molecule has 0 N–H and O–H groups in total. The summed E-state index contributed by atoms with van der Waals surface area (Å²) in [6.07, 6.45) is 3.33. The highest BCUT2D eigenvalue weighted by molar-refractivity contribution is 5.81. The van der Waals surface area contributed by atoms with E-state index in [-0.39, 0.29) is 17.0 Å². The molecule has 0 saturated carbocycles. The molecule has 1 aliphatic rings. The van der Waals surface area contributed by atoms with Crippen LogP contribution in [0, 0.1) is 5.92 Å². The van der Waals surface area contributed by atoms with Gasteiger partial charge in [0.1, 0.15) is 0 Å². The molecule has 0 spiro atoms. The van der Waals surface area contributed by atoms with Crippen LogP contribution in [-0.4, -0.2) is 35.6 Å². The molecule has 0 aromatic carbocycles. The second-order valence-corrected chi connectivity index (χ2v) is 6.29. The second-order valence-electron chi connectivity index (χ2n) is 6.29. The van der Waals surface area contributed by atoms with Crippen molar-refractivity contribution in [1.29, 1.82) is 0 Å². The van der Waals surface area contributed by atoms with E-state index in [9.17, 15) is 4.79 Å². The van der Waals surface area contributed by atoms with Crippen LogP contribution in [0.2, 0.25) is 0 Å². The Kier molecular flexibility index (Phi) is 4.03. The van der Waals surface area contributed by atoms with Crippen molar-refractivity contribution in [3.05, 3.63) is 12.7 Å². The van der Waals surface area contributed by atoms with Crippen molar-refractivity contribution in [3.8, 4) is 0 Å². The van der Waals surface area contributed by atoms with Crippen LogP contribution in [0.4, 0.5) is 0 Å². The maximum atomic E-state index is 11.1. The minimum absolute atomic E-state index is 0.146. The van der Waals surface area contributed by atoms with E-state index >= 15 is 0 Å². The molecular weight excluding hydrogens is 214 g/mol. The van der Waals surface area contributed by atoms with Crippen molar-refractivity contribution in [2.45, 2.75) is 51.6 Å². The van der Waals surface area contributed by atoms with Gasteiger partial charge in [0.05, 0.1) is 6.61 Å². The summed E-state index contributed by atoms with van der Waals surface area (Å²) in [5.41, 5.74) is 0.292. The molecule has 0 aromatic heterocycles. The third kappa shape index (κ3) is 3.32. The van der Waals surface area contributed by atoms with Crippen LogP contribution in [0.3, 0.4) is 0 Å². The van der Waals surface area contributed by atoms with Gasteiger partial charge < -0.3 is 4.74 Å². The number of carbonyl (C=O) groups is 1. The fraction of sp³-hybridized carbons (Fsp3) is 0.786. The van der Waals surface area contributed by atoms with Gasteiger partial charge in [-0.2, -0.15) is 0 Å². The fourth-order valence-electron chi connectivity index (χ4n) is 2.96. The highest BCUT2D eigenvalue weighted by Crippen LogP contribution is 2.40. The Morgan fingerprint density at radius 1 is 1.35 bits per heavy atom.